The summed E-state index contributed by atoms with van der Waals surface area (Å²) in [6.07, 6.45) is 1.91. The molecule has 19 heavy (non-hydrogen) atoms. The molecule has 0 bridgehead atoms. The topological polar surface area (TPSA) is 34.1 Å². The molecule has 0 saturated heterocycles. The quantitative estimate of drug-likeness (QED) is 0.633. The van der Waals surface area contributed by atoms with Gasteiger partial charge in [0.25, 0.3) is 0 Å². The minimum absolute atomic E-state index is 0.0467. The molecule has 0 spiro atoms. The van der Waals surface area contributed by atoms with Crippen molar-refractivity contribution < 1.29 is 9.59 Å². The van der Waals surface area contributed by atoms with Crippen LogP contribution in [0, 0.1) is 6.92 Å². The van der Waals surface area contributed by atoms with Gasteiger partial charge in [0.1, 0.15) is 0 Å². The zero-order valence-electron chi connectivity index (χ0n) is 10.7. The van der Waals surface area contributed by atoms with Crippen molar-refractivity contribution >= 4 is 23.3 Å². The fraction of sp³-hybridized carbons (Fsp3) is 0.125. The Balaban J connectivity index is 2.32. The summed E-state index contributed by atoms with van der Waals surface area (Å²) in [6.45, 7) is 1.92. The highest BCUT2D eigenvalue weighted by molar-refractivity contribution is 7.98. The average Bonchev–Trinajstić information content (AvgIpc) is 2.43. The smallest absolute Gasteiger partial charge is 0.195 e. The van der Waals surface area contributed by atoms with Crippen LogP contribution in [-0.4, -0.2) is 17.8 Å². The van der Waals surface area contributed by atoms with E-state index >= 15 is 0 Å². The normalized spacial score (nSPS) is 13.2. The Morgan fingerprint density at radius 1 is 0.895 bits per heavy atom. The van der Waals surface area contributed by atoms with Gasteiger partial charge in [-0.25, -0.2) is 0 Å². The molecule has 0 saturated carbocycles. The fourth-order valence-corrected chi connectivity index (χ4v) is 3.07. The van der Waals surface area contributed by atoms with Crippen LogP contribution in [-0.2, 0) is 0 Å². The van der Waals surface area contributed by atoms with Crippen LogP contribution >= 0.6 is 11.8 Å². The molecule has 0 unspecified atom stereocenters. The van der Waals surface area contributed by atoms with Gasteiger partial charge in [0.2, 0.25) is 0 Å². The van der Waals surface area contributed by atoms with Gasteiger partial charge >= 0.3 is 0 Å². The van der Waals surface area contributed by atoms with Gasteiger partial charge in [0.15, 0.2) is 11.6 Å². The lowest BCUT2D eigenvalue weighted by atomic mass is 9.83. The number of carbonyl (C=O) groups excluding carboxylic acids is 2. The molecular formula is C16H12O2S. The van der Waals surface area contributed by atoms with Crippen LogP contribution in [0.4, 0.5) is 0 Å². The van der Waals surface area contributed by atoms with E-state index in [1.165, 1.54) is 11.8 Å². The van der Waals surface area contributed by atoms with Crippen LogP contribution in [0.5, 0.6) is 0 Å². The number of benzene rings is 2. The minimum atomic E-state index is -0.0517. The van der Waals surface area contributed by atoms with Crippen molar-refractivity contribution in [3.63, 3.8) is 0 Å². The van der Waals surface area contributed by atoms with Crippen LogP contribution in [0.3, 0.4) is 0 Å². The number of rotatable bonds is 1. The second-order valence-corrected chi connectivity index (χ2v) is 5.44. The molecule has 0 atom stereocenters. The molecule has 0 N–H and O–H groups in total. The van der Waals surface area contributed by atoms with Crippen molar-refractivity contribution in [3.8, 4) is 0 Å². The van der Waals surface area contributed by atoms with Gasteiger partial charge in [-0.2, -0.15) is 0 Å². The first-order chi connectivity index (χ1) is 9.13. The lowest BCUT2D eigenvalue weighted by Gasteiger charge is -2.19. The number of hydrogen-bond donors (Lipinski definition) is 0. The third-order valence-corrected chi connectivity index (χ3v) is 4.16. The van der Waals surface area contributed by atoms with Gasteiger partial charge in [-0.15, -0.1) is 11.8 Å². The van der Waals surface area contributed by atoms with E-state index in [4.69, 9.17) is 0 Å². The number of aryl methyl sites for hydroxylation is 1. The molecular weight excluding hydrogens is 256 g/mol. The predicted molar refractivity (Wildman–Crippen MR) is 76.3 cm³/mol. The number of thioether (sulfide) groups is 1. The molecule has 0 amide bonds. The van der Waals surface area contributed by atoms with Crippen molar-refractivity contribution in [2.45, 2.75) is 11.8 Å². The number of hydrogen-bond acceptors (Lipinski definition) is 3. The highest BCUT2D eigenvalue weighted by Gasteiger charge is 2.31. The maximum atomic E-state index is 12.6. The molecule has 94 valence electrons. The molecule has 2 aromatic rings. The summed E-state index contributed by atoms with van der Waals surface area (Å²) in [5.41, 5.74) is 3.11. The standard InChI is InChI=1S/C16H12O2S/c1-9-6-7-10-12(8-9)15(17)11-4-3-5-13(19-2)14(11)16(10)18/h3-8H,1-2H3. The second-order valence-electron chi connectivity index (χ2n) is 4.59. The van der Waals surface area contributed by atoms with E-state index in [-0.39, 0.29) is 11.6 Å². The Morgan fingerprint density at radius 3 is 2.42 bits per heavy atom. The fourth-order valence-electron chi connectivity index (χ4n) is 2.45. The Kier molecular flexibility index (Phi) is 2.79. The van der Waals surface area contributed by atoms with Crippen LogP contribution in [0.25, 0.3) is 0 Å². The van der Waals surface area contributed by atoms with Gasteiger partial charge in [0.05, 0.1) is 0 Å². The van der Waals surface area contributed by atoms with E-state index in [0.717, 1.165) is 10.5 Å². The summed E-state index contributed by atoms with van der Waals surface area (Å²) in [6, 6.07) is 10.9. The number of fused-ring (bicyclic) bond motifs is 2. The monoisotopic (exact) mass is 268 g/mol. The minimum Gasteiger partial charge on any atom is -0.289 e. The van der Waals surface area contributed by atoms with E-state index in [1.807, 2.05) is 31.4 Å². The summed E-state index contributed by atoms with van der Waals surface area (Å²) < 4.78 is 0. The lowest BCUT2D eigenvalue weighted by molar-refractivity contribution is 0.0977. The highest BCUT2D eigenvalue weighted by atomic mass is 32.2. The van der Waals surface area contributed by atoms with E-state index in [9.17, 15) is 9.59 Å². The van der Waals surface area contributed by atoms with Gasteiger partial charge in [0, 0.05) is 27.1 Å². The maximum Gasteiger partial charge on any atom is 0.195 e. The van der Waals surface area contributed by atoms with E-state index in [0.29, 0.717) is 22.3 Å². The molecule has 0 radical (unpaired) electrons. The van der Waals surface area contributed by atoms with Crippen LogP contribution in [0.2, 0.25) is 0 Å². The van der Waals surface area contributed by atoms with Crippen LogP contribution in [0.15, 0.2) is 41.3 Å². The average molecular weight is 268 g/mol. The van der Waals surface area contributed by atoms with Gasteiger partial charge in [-0.3, -0.25) is 9.59 Å². The van der Waals surface area contributed by atoms with Crippen molar-refractivity contribution in [2.75, 3.05) is 6.26 Å². The van der Waals surface area contributed by atoms with Crippen molar-refractivity contribution in [1.29, 1.82) is 0 Å². The SMILES string of the molecule is CSc1cccc2c1C(=O)c1ccc(C)cc1C2=O. The molecule has 1 aliphatic rings. The van der Waals surface area contributed by atoms with Crippen LogP contribution < -0.4 is 0 Å². The summed E-state index contributed by atoms with van der Waals surface area (Å²) in [4.78, 5) is 26.0. The van der Waals surface area contributed by atoms with Crippen molar-refractivity contribution in [2.24, 2.45) is 0 Å². The lowest BCUT2D eigenvalue weighted by Crippen LogP contribution is -2.21. The summed E-state index contributed by atoms with van der Waals surface area (Å²) in [5, 5.41) is 0. The van der Waals surface area contributed by atoms with Gasteiger partial charge < -0.3 is 0 Å². The molecule has 0 aliphatic heterocycles. The molecule has 2 aromatic carbocycles. The summed E-state index contributed by atoms with van der Waals surface area (Å²) >= 11 is 1.49. The molecule has 0 heterocycles. The van der Waals surface area contributed by atoms with E-state index in [1.54, 1.807) is 18.2 Å². The predicted octanol–water partition coefficient (Wildman–Crippen LogP) is 3.49. The second kappa shape index (κ2) is 4.35. The van der Waals surface area contributed by atoms with Gasteiger partial charge in [-0.1, -0.05) is 29.8 Å². The number of carbonyl (C=O) groups is 2. The first-order valence-electron chi connectivity index (χ1n) is 6.00. The molecule has 3 heteroatoms. The third-order valence-electron chi connectivity index (χ3n) is 3.38. The first-order valence-corrected chi connectivity index (χ1v) is 7.23. The maximum absolute atomic E-state index is 12.6. The third kappa shape index (κ3) is 1.73. The van der Waals surface area contributed by atoms with Crippen LogP contribution in [0.1, 0.15) is 37.4 Å². The first kappa shape index (κ1) is 12.2. The zero-order chi connectivity index (χ0) is 13.6. The molecule has 1 aliphatic carbocycles. The summed E-state index contributed by atoms with van der Waals surface area (Å²) in [5.74, 6) is -0.0984. The zero-order valence-corrected chi connectivity index (χ0v) is 11.5. The molecule has 3 rings (SSSR count). The Bertz CT molecular complexity index is 717. The molecule has 0 aromatic heterocycles. The molecule has 0 fully saturated rings. The Hall–Kier alpha value is -1.87. The van der Waals surface area contributed by atoms with Gasteiger partial charge in [-0.05, 0) is 25.3 Å². The Morgan fingerprint density at radius 2 is 1.68 bits per heavy atom. The van der Waals surface area contributed by atoms with E-state index < -0.39 is 0 Å². The largest absolute Gasteiger partial charge is 0.289 e. The van der Waals surface area contributed by atoms with Crippen molar-refractivity contribution in [1.82, 2.24) is 0 Å². The number of ketones is 2. The Labute approximate surface area is 115 Å². The van der Waals surface area contributed by atoms with E-state index in [2.05, 4.69) is 0 Å². The highest BCUT2D eigenvalue weighted by Crippen LogP contribution is 2.33. The summed E-state index contributed by atoms with van der Waals surface area (Å²) in [7, 11) is 0. The van der Waals surface area contributed by atoms with Crippen molar-refractivity contribution in [3.05, 3.63) is 64.2 Å². The molecule has 2 nitrogen and oxygen atoms in total.